The molecule has 2 atom stereocenters. The predicted octanol–water partition coefficient (Wildman–Crippen LogP) is 4.45. The highest BCUT2D eigenvalue weighted by Crippen LogP contribution is 2.48. The number of hydrogen-bond donors (Lipinski definition) is 3. The van der Waals surface area contributed by atoms with Crippen LogP contribution in [0.5, 0.6) is 5.88 Å². The van der Waals surface area contributed by atoms with E-state index in [1.165, 1.54) is 5.56 Å². The fourth-order valence-corrected chi connectivity index (χ4v) is 4.68. The van der Waals surface area contributed by atoms with Crippen LogP contribution in [0.3, 0.4) is 0 Å². The molecule has 5 nitrogen and oxygen atoms in total. The lowest BCUT2D eigenvalue weighted by Gasteiger charge is -2.13. The van der Waals surface area contributed by atoms with E-state index in [0.29, 0.717) is 16.8 Å². The molecule has 0 spiro atoms. The van der Waals surface area contributed by atoms with Crippen molar-refractivity contribution in [2.75, 3.05) is 13.2 Å². The number of ether oxygens (including phenoxy) is 1. The van der Waals surface area contributed by atoms with Gasteiger partial charge in [-0.05, 0) is 49.7 Å². The van der Waals surface area contributed by atoms with Crippen molar-refractivity contribution in [3.8, 4) is 17.1 Å². The van der Waals surface area contributed by atoms with E-state index in [1.54, 1.807) is 0 Å². The molecule has 2 saturated carbocycles. The molecule has 0 unspecified atom stereocenters. The minimum Gasteiger partial charge on any atom is -0.476 e. The number of benzene rings is 1. The Hall–Kier alpha value is -2.08. The molecule has 6 heteroatoms. The molecule has 3 aromatic rings. The van der Waals surface area contributed by atoms with Crippen LogP contribution in [-0.2, 0) is 5.41 Å². The summed E-state index contributed by atoms with van der Waals surface area (Å²) in [6.07, 6.45) is 5.06. The molecule has 5 rings (SSSR count). The van der Waals surface area contributed by atoms with Gasteiger partial charge >= 0.3 is 0 Å². The van der Waals surface area contributed by atoms with Crippen LogP contribution in [0.1, 0.15) is 37.7 Å². The van der Waals surface area contributed by atoms with E-state index in [9.17, 15) is 10.2 Å². The van der Waals surface area contributed by atoms with E-state index in [-0.39, 0.29) is 24.7 Å². The molecule has 2 fully saturated rings. The van der Waals surface area contributed by atoms with Crippen molar-refractivity contribution in [3.05, 3.63) is 47.0 Å². The molecule has 2 aliphatic rings. The summed E-state index contributed by atoms with van der Waals surface area (Å²) in [5, 5.41) is 19.5. The first-order valence-electron chi connectivity index (χ1n) is 10.3. The number of halogens is 1. The van der Waals surface area contributed by atoms with Gasteiger partial charge in [-0.2, -0.15) is 0 Å². The standard InChI is InChI=1S/C23H25ClN2O3/c24-18-10-19-20(11-21(25-19)29-17-6-1-14(9-17)12-27)26-22(18)15-2-4-16(5-3-15)23(13-28)7-8-23/h2-5,10-11,14,17,25,27-28H,1,6-9,12-13H2/t14-,17+/m0/s1. The van der Waals surface area contributed by atoms with Gasteiger partial charge in [0.2, 0.25) is 0 Å². The highest BCUT2D eigenvalue weighted by atomic mass is 35.5. The summed E-state index contributed by atoms with van der Waals surface area (Å²) in [7, 11) is 0. The van der Waals surface area contributed by atoms with Crippen LogP contribution in [0.15, 0.2) is 36.4 Å². The third-order valence-electron chi connectivity index (χ3n) is 6.50. The van der Waals surface area contributed by atoms with Gasteiger partial charge in [0.15, 0.2) is 5.88 Å². The SMILES string of the molecule is OC[C@H]1CC[C@@H](Oc2cc3nc(-c4ccc(C5(CO)CC5)cc4)c(Cl)cc3[nH]2)C1. The van der Waals surface area contributed by atoms with Crippen molar-refractivity contribution in [2.45, 2.75) is 43.6 Å². The third-order valence-corrected chi connectivity index (χ3v) is 6.79. The van der Waals surface area contributed by atoms with Gasteiger partial charge in [-0.15, -0.1) is 0 Å². The molecule has 0 saturated heterocycles. The number of nitrogens with zero attached hydrogens (tertiary/aromatic N) is 1. The molecule has 2 aromatic heterocycles. The first-order valence-corrected chi connectivity index (χ1v) is 10.7. The Bertz CT molecular complexity index is 1030. The Kier molecular flexibility index (Phi) is 4.77. The van der Waals surface area contributed by atoms with E-state index < -0.39 is 0 Å². The molecule has 29 heavy (non-hydrogen) atoms. The maximum Gasteiger partial charge on any atom is 0.193 e. The highest BCUT2D eigenvalue weighted by Gasteiger charge is 2.43. The van der Waals surface area contributed by atoms with Crippen molar-refractivity contribution in [3.63, 3.8) is 0 Å². The Morgan fingerprint density at radius 1 is 1.14 bits per heavy atom. The number of fused-ring (bicyclic) bond motifs is 1. The summed E-state index contributed by atoms with van der Waals surface area (Å²) in [5.41, 5.74) is 4.50. The average Bonchev–Trinajstić information content (AvgIpc) is 3.25. The minimum absolute atomic E-state index is 0.0398. The van der Waals surface area contributed by atoms with Crippen molar-refractivity contribution in [2.24, 2.45) is 5.92 Å². The average molecular weight is 413 g/mol. The summed E-state index contributed by atoms with van der Waals surface area (Å²) in [5.74, 6) is 1.03. The molecule has 0 radical (unpaired) electrons. The molecule has 0 amide bonds. The summed E-state index contributed by atoms with van der Waals surface area (Å²) < 4.78 is 6.08. The van der Waals surface area contributed by atoms with Crippen molar-refractivity contribution in [1.29, 1.82) is 0 Å². The molecule has 2 heterocycles. The van der Waals surface area contributed by atoms with Gasteiger partial charge in [0, 0.05) is 23.7 Å². The lowest BCUT2D eigenvalue weighted by atomic mass is 9.95. The molecule has 1 aromatic carbocycles. The van der Waals surface area contributed by atoms with E-state index in [2.05, 4.69) is 17.1 Å². The van der Waals surface area contributed by atoms with Crippen LogP contribution >= 0.6 is 11.6 Å². The van der Waals surface area contributed by atoms with Crippen molar-refractivity contribution >= 4 is 22.6 Å². The first-order chi connectivity index (χ1) is 14.1. The van der Waals surface area contributed by atoms with Gasteiger partial charge in [0.1, 0.15) is 6.10 Å². The van der Waals surface area contributed by atoms with Crippen LogP contribution in [0, 0.1) is 5.92 Å². The van der Waals surface area contributed by atoms with Crippen LogP contribution in [0.2, 0.25) is 5.02 Å². The molecule has 0 bridgehead atoms. The number of pyridine rings is 1. The number of aromatic amines is 1. The number of nitrogens with one attached hydrogen (secondary N) is 1. The summed E-state index contributed by atoms with van der Waals surface area (Å²) in [6, 6.07) is 12.0. The van der Waals surface area contributed by atoms with Gasteiger partial charge in [0.25, 0.3) is 0 Å². The van der Waals surface area contributed by atoms with Crippen molar-refractivity contribution in [1.82, 2.24) is 9.97 Å². The van der Waals surface area contributed by atoms with E-state index in [0.717, 1.165) is 54.4 Å². The Morgan fingerprint density at radius 3 is 2.59 bits per heavy atom. The monoisotopic (exact) mass is 412 g/mol. The molecular weight excluding hydrogens is 388 g/mol. The van der Waals surface area contributed by atoms with Crippen LogP contribution in [-0.4, -0.2) is 39.5 Å². The van der Waals surface area contributed by atoms with Crippen molar-refractivity contribution < 1.29 is 14.9 Å². The number of rotatable bonds is 6. The van der Waals surface area contributed by atoms with Crippen LogP contribution < -0.4 is 4.74 Å². The summed E-state index contributed by atoms with van der Waals surface area (Å²) in [4.78, 5) is 8.03. The number of H-pyrrole nitrogens is 1. The number of hydrogen-bond acceptors (Lipinski definition) is 4. The van der Waals surface area contributed by atoms with Gasteiger partial charge in [0.05, 0.1) is 28.4 Å². The Balaban J connectivity index is 1.39. The van der Waals surface area contributed by atoms with Gasteiger partial charge < -0.3 is 19.9 Å². The largest absolute Gasteiger partial charge is 0.476 e. The number of aliphatic hydroxyl groups excluding tert-OH is 2. The lowest BCUT2D eigenvalue weighted by Crippen LogP contribution is -2.13. The molecule has 152 valence electrons. The topological polar surface area (TPSA) is 78.4 Å². The van der Waals surface area contributed by atoms with Gasteiger partial charge in [-0.25, -0.2) is 4.98 Å². The maximum absolute atomic E-state index is 9.63. The molecular formula is C23H25ClN2O3. The first kappa shape index (κ1) is 18.9. The van der Waals surface area contributed by atoms with Crippen LogP contribution in [0.25, 0.3) is 22.3 Å². The smallest absolute Gasteiger partial charge is 0.193 e. The zero-order valence-electron chi connectivity index (χ0n) is 16.2. The second kappa shape index (κ2) is 7.31. The molecule has 2 aliphatic carbocycles. The number of aliphatic hydroxyl groups is 2. The number of aromatic nitrogens is 2. The maximum atomic E-state index is 9.63. The zero-order chi connectivity index (χ0) is 20.0. The quantitative estimate of drug-likeness (QED) is 0.559. The van der Waals surface area contributed by atoms with E-state index in [4.69, 9.17) is 21.3 Å². The third kappa shape index (κ3) is 3.52. The lowest BCUT2D eigenvalue weighted by molar-refractivity contribution is 0.179. The van der Waals surface area contributed by atoms with Crippen LogP contribution in [0.4, 0.5) is 0 Å². The Labute approximate surface area is 174 Å². The van der Waals surface area contributed by atoms with E-state index in [1.807, 2.05) is 24.3 Å². The fourth-order valence-electron chi connectivity index (χ4n) is 4.42. The van der Waals surface area contributed by atoms with Gasteiger partial charge in [-0.1, -0.05) is 35.9 Å². The normalized spacial score (nSPS) is 22.9. The predicted molar refractivity (Wildman–Crippen MR) is 113 cm³/mol. The second-order valence-electron chi connectivity index (χ2n) is 8.50. The molecule has 0 aliphatic heterocycles. The fraction of sp³-hybridized carbons (Fsp3) is 0.435. The zero-order valence-corrected chi connectivity index (χ0v) is 17.0. The summed E-state index contributed by atoms with van der Waals surface area (Å²) in [6.45, 7) is 0.425. The minimum atomic E-state index is -0.0398. The summed E-state index contributed by atoms with van der Waals surface area (Å²) >= 11 is 6.53. The molecule has 3 N–H and O–H groups in total. The van der Waals surface area contributed by atoms with E-state index >= 15 is 0 Å². The van der Waals surface area contributed by atoms with Gasteiger partial charge in [-0.3, -0.25) is 0 Å². The highest BCUT2D eigenvalue weighted by molar-refractivity contribution is 6.33. The Morgan fingerprint density at radius 2 is 1.93 bits per heavy atom. The second-order valence-corrected chi connectivity index (χ2v) is 8.91.